The Morgan fingerprint density at radius 2 is 1.48 bits per heavy atom. The molecule has 0 aliphatic heterocycles. The second-order valence-electron chi connectivity index (χ2n) is 3.23. The molecule has 2 N–H and O–H groups in total. The van der Waals surface area contributed by atoms with E-state index in [9.17, 15) is 0 Å². The molecular weight excluding hydrogens is 268 g/mol. The molecule has 0 saturated carbocycles. The Morgan fingerprint density at radius 3 is 1.67 bits per heavy atom. The molecule has 4 rings (SSSR count). The monoisotopic (exact) mass is 284 g/mol. The SMILES string of the molecule is c1c[nH]cn1.c1ccnnc1.c1ccoc1.c1cn[nH]c1. The Bertz CT molecular complexity index is 422. The van der Waals surface area contributed by atoms with Crippen molar-refractivity contribution in [2.75, 3.05) is 0 Å². The molecule has 0 spiro atoms. The van der Waals surface area contributed by atoms with Gasteiger partial charge in [0.15, 0.2) is 0 Å². The molecule has 0 amide bonds. The van der Waals surface area contributed by atoms with E-state index in [0.29, 0.717) is 0 Å². The first-order valence-electron chi connectivity index (χ1n) is 6.05. The van der Waals surface area contributed by atoms with Crippen molar-refractivity contribution in [2.24, 2.45) is 0 Å². The van der Waals surface area contributed by atoms with E-state index >= 15 is 0 Å². The van der Waals surface area contributed by atoms with Crippen molar-refractivity contribution < 1.29 is 4.42 Å². The lowest BCUT2D eigenvalue weighted by Gasteiger charge is -1.69. The summed E-state index contributed by atoms with van der Waals surface area (Å²) in [6.07, 6.45) is 15.1. The Balaban J connectivity index is 0.000000140. The van der Waals surface area contributed by atoms with E-state index in [2.05, 4.69) is 34.8 Å². The minimum atomic E-state index is 1.62. The normalized spacial score (nSPS) is 8.00. The third kappa shape index (κ3) is 11.6. The highest BCUT2D eigenvalue weighted by Gasteiger charge is 1.60. The van der Waals surface area contributed by atoms with Crippen LogP contribution in [0.3, 0.4) is 0 Å². The number of H-pyrrole nitrogens is 2. The molecule has 0 atom stereocenters. The summed E-state index contributed by atoms with van der Waals surface area (Å²) in [6, 6.07) is 9.15. The number of rotatable bonds is 0. The summed E-state index contributed by atoms with van der Waals surface area (Å²) in [5.41, 5.74) is 0. The van der Waals surface area contributed by atoms with Gasteiger partial charge in [0.1, 0.15) is 0 Å². The molecule has 0 unspecified atom stereocenters. The summed E-state index contributed by atoms with van der Waals surface area (Å²) >= 11 is 0. The molecule has 0 fully saturated rings. The molecule has 0 aliphatic carbocycles. The number of nitrogens with zero attached hydrogens (tertiary/aromatic N) is 4. The standard InChI is InChI=1S/C4H4N2.C4H4O.2C3H4N2/c1-2-4-6-5-3-1;1-2-4-5-3-1;1-2-5-3-4-1;1-2-4-5-3-1/h1-4H;1-4H;2*1-3H,(H,4,5). The Labute approximate surface area is 122 Å². The summed E-state index contributed by atoms with van der Waals surface area (Å²) < 4.78 is 4.58. The van der Waals surface area contributed by atoms with Crippen LogP contribution in [-0.4, -0.2) is 30.4 Å². The van der Waals surface area contributed by atoms with Gasteiger partial charge < -0.3 is 9.40 Å². The molecule has 4 aromatic heterocycles. The first-order chi connectivity index (χ1) is 10.5. The van der Waals surface area contributed by atoms with Crippen molar-refractivity contribution in [3.8, 4) is 0 Å². The van der Waals surface area contributed by atoms with Crippen molar-refractivity contribution in [3.63, 3.8) is 0 Å². The second-order valence-corrected chi connectivity index (χ2v) is 3.23. The Kier molecular flexibility index (Phi) is 9.97. The minimum Gasteiger partial charge on any atom is -0.473 e. The van der Waals surface area contributed by atoms with Crippen molar-refractivity contribution >= 4 is 0 Å². The number of hydrogen-bond donors (Lipinski definition) is 2. The van der Waals surface area contributed by atoms with Gasteiger partial charge in [0.05, 0.1) is 18.9 Å². The number of hydrogen-bond acceptors (Lipinski definition) is 5. The van der Waals surface area contributed by atoms with Crippen LogP contribution < -0.4 is 0 Å². The quantitative estimate of drug-likeness (QED) is 0.517. The average Bonchev–Trinajstić information content (AvgIpc) is 3.38. The number of furan rings is 1. The van der Waals surface area contributed by atoms with Crippen LogP contribution in [0, 0.1) is 0 Å². The zero-order valence-corrected chi connectivity index (χ0v) is 11.3. The van der Waals surface area contributed by atoms with Crippen molar-refractivity contribution in [2.45, 2.75) is 0 Å². The van der Waals surface area contributed by atoms with Crippen LogP contribution in [0.15, 0.2) is 90.8 Å². The zero-order valence-electron chi connectivity index (χ0n) is 11.3. The van der Waals surface area contributed by atoms with Gasteiger partial charge in [-0.25, -0.2) is 4.98 Å². The van der Waals surface area contributed by atoms with Gasteiger partial charge in [-0.05, 0) is 30.3 Å². The van der Waals surface area contributed by atoms with Gasteiger partial charge in [0.2, 0.25) is 0 Å². The average molecular weight is 284 g/mol. The van der Waals surface area contributed by atoms with E-state index in [-0.39, 0.29) is 0 Å². The lowest BCUT2D eigenvalue weighted by molar-refractivity contribution is 0.567. The Morgan fingerprint density at radius 1 is 0.714 bits per heavy atom. The highest BCUT2D eigenvalue weighted by molar-refractivity contribution is 4.80. The smallest absolute Gasteiger partial charge is 0.0919 e. The maximum absolute atomic E-state index is 4.58. The predicted molar refractivity (Wildman–Crippen MR) is 77.9 cm³/mol. The van der Waals surface area contributed by atoms with Crippen LogP contribution in [0.25, 0.3) is 0 Å². The summed E-state index contributed by atoms with van der Waals surface area (Å²) in [6.45, 7) is 0. The van der Waals surface area contributed by atoms with Gasteiger partial charge in [-0.1, -0.05) is 0 Å². The van der Waals surface area contributed by atoms with Gasteiger partial charge in [-0.2, -0.15) is 15.3 Å². The molecule has 4 aromatic rings. The molecule has 0 radical (unpaired) electrons. The van der Waals surface area contributed by atoms with Gasteiger partial charge >= 0.3 is 0 Å². The first-order valence-corrected chi connectivity index (χ1v) is 6.05. The van der Waals surface area contributed by atoms with Crippen LogP contribution in [0.5, 0.6) is 0 Å². The maximum Gasteiger partial charge on any atom is 0.0919 e. The first kappa shape index (κ1) is 15.8. The molecule has 0 aliphatic rings. The third-order valence-corrected chi connectivity index (χ3v) is 1.72. The molecule has 21 heavy (non-hydrogen) atoms. The number of aromatic nitrogens is 6. The predicted octanol–water partition coefficient (Wildman–Crippen LogP) is 2.58. The fraction of sp³-hybridized carbons (Fsp3) is 0. The van der Waals surface area contributed by atoms with Crippen molar-refractivity contribution in [3.05, 3.63) is 86.4 Å². The fourth-order valence-corrected chi connectivity index (χ4v) is 0.910. The maximum atomic E-state index is 4.58. The highest BCUT2D eigenvalue weighted by atomic mass is 16.3. The second kappa shape index (κ2) is 13.2. The number of imidazole rings is 1. The van der Waals surface area contributed by atoms with Crippen LogP contribution in [0.4, 0.5) is 0 Å². The number of aromatic amines is 2. The van der Waals surface area contributed by atoms with Gasteiger partial charge in [0.25, 0.3) is 0 Å². The fourth-order valence-electron chi connectivity index (χ4n) is 0.910. The van der Waals surface area contributed by atoms with E-state index in [1.165, 1.54) is 0 Å². The summed E-state index contributed by atoms with van der Waals surface area (Å²) in [5.74, 6) is 0. The molecule has 0 saturated heterocycles. The van der Waals surface area contributed by atoms with Crippen LogP contribution >= 0.6 is 0 Å². The minimum absolute atomic E-state index is 1.62. The van der Waals surface area contributed by atoms with E-state index in [0.717, 1.165) is 0 Å². The zero-order chi connectivity index (χ0) is 14.8. The van der Waals surface area contributed by atoms with Crippen molar-refractivity contribution in [1.29, 1.82) is 0 Å². The van der Waals surface area contributed by atoms with E-state index < -0.39 is 0 Å². The highest BCUT2D eigenvalue weighted by Crippen LogP contribution is 1.79. The van der Waals surface area contributed by atoms with Crippen LogP contribution in [0.1, 0.15) is 0 Å². The summed E-state index contributed by atoms with van der Waals surface area (Å²) in [7, 11) is 0. The lowest BCUT2D eigenvalue weighted by Crippen LogP contribution is -1.69. The molecular formula is C14H16N6O. The topological polar surface area (TPSA) is 96.3 Å². The molecule has 7 nitrogen and oxygen atoms in total. The largest absolute Gasteiger partial charge is 0.473 e. The van der Waals surface area contributed by atoms with Crippen LogP contribution in [0.2, 0.25) is 0 Å². The van der Waals surface area contributed by atoms with Gasteiger partial charge in [-0.3, -0.25) is 5.10 Å². The summed E-state index contributed by atoms with van der Waals surface area (Å²) in [4.78, 5) is 6.42. The molecule has 4 heterocycles. The molecule has 108 valence electrons. The van der Waals surface area contributed by atoms with Gasteiger partial charge in [0, 0.05) is 37.2 Å². The molecule has 7 heteroatoms. The van der Waals surface area contributed by atoms with Crippen molar-refractivity contribution in [1.82, 2.24) is 30.4 Å². The van der Waals surface area contributed by atoms with Gasteiger partial charge in [-0.15, -0.1) is 0 Å². The number of nitrogens with one attached hydrogen (secondary N) is 2. The molecule has 0 aromatic carbocycles. The van der Waals surface area contributed by atoms with Crippen LogP contribution in [-0.2, 0) is 0 Å². The van der Waals surface area contributed by atoms with E-state index in [4.69, 9.17) is 0 Å². The Hall–Kier alpha value is -3.22. The molecule has 0 bridgehead atoms. The summed E-state index contributed by atoms with van der Waals surface area (Å²) in [5, 5.41) is 13.3. The van der Waals surface area contributed by atoms with E-state index in [1.807, 2.05) is 30.3 Å². The van der Waals surface area contributed by atoms with E-state index in [1.54, 1.807) is 56.0 Å². The third-order valence-electron chi connectivity index (χ3n) is 1.72. The lowest BCUT2D eigenvalue weighted by atomic mass is 10.6.